The summed E-state index contributed by atoms with van der Waals surface area (Å²) in [6, 6.07) is 17.8. The molecule has 2 N–H and O–H groups in total. The number of nitrogens with one attached hydrogen (secondary N) is 2. The maximum atomic E-state index is 13.3. The van der Waals surface area contributed by atoms with Crippen LogP contribution >= 0.6 is 12.2 Å². The smallest absolute Gasteiger partial charge is 0.253 e. The zero-order chi connectivity index (χ0) is 27.1. The van der Waals surface area contributed by atoms with Crippen LogP contribution in [0.15, 0.2) is 59.4 Å². The molecule has 2 saturated heterocycles. The van der Waals surface area contributed by atoms with Gasteiger partial charge >= 0.3 is 0 Å². The minimum Gasteiger partial charge on any atom is -0.369 e. The fourth-order valence-corrected chi connectivity index (χ4v) is 6.80. The van der Waals surface area contributed by atoms with E-state index in [9.17, 15) is 9.59 Å². The van der Waals surface area contributed by atoms with Crippen molar-refractivity contribution < 1.29 is 4.79 Å². The number of carbonyl (C=O) groups is 1. The van der Waals surface area contributed by atoms with E-state index < -0.39 is 0 Å². The van der Waals surface area contributed by atoms with E-state index in [0.29, 0.717) is 16.6 Å². The van der Waals surface area contributed by atoms with Gasteiger partial charge in [-0.1, -0.05) is 12.1 Å². The van der Waals surface area contributed by atoms with Crippen LogP contribution < -0.4 is 21.1 Å². The minimum atomic E-state index is 0.0686. The summed E-state index contributed by atoms with van der Waals surface area (Å²) in [7, 11) is 0. The van der Waals surface area contributed by atoms with E-state index in [2.05, 4.69) is 59.7 Å². The van der Waals surface area contributed by atoms with Gasteiger partial charge in [0.1, 0.15) is 0 Å². The van der Waals surface area contributed by atoms with Crippen molar-refractivity contribution in [3.63, 3.8) is 0 Å². The van der Waals surface area contributed by atoms with Gasteiger partial charge in [0.05, 0.1) is 11.4 Å². The first-order valence-corrected chi connectivity index (χ1v) is 14.3. The second kappa shape index (κ2) is 10.5. The Kier molecular flexibility index (Phi) is 6.89. The summed E-state index contributed by atoms with van der Waals surface area (Å²) in [6.45, 7) is 8.16. The van der Waals surface area contributed by atoms with E-state index in [1.165, 1.54) is 11.1 Å². The maximum Gasteiger partial charge on any atom is 0.253 e. The Labute approximate surface area is 234 Å². The lowest BCUT2D eigenvalue weighted by Crippen LogP contribution is -2.47. The molecule has 1 amide bonds. The lowest BCUT2D eigenvalue weighted by atomic mass is 9.83. The highest BCUT2D eigenvalue weighted by Crippen LogP contribution is 2.39. The Bertz CT molecular complexity index is 1470. The number of hydrogen-bond acceptors (Lipinski definition) is 4. The largest absolute Gasteiger partial charge is 0.369 e. The summed E-state index contributed by atoms with van der Waals surface area (Å²) in [4.78, 5) is 30.1. The molecule has 0 radical (unpaired) electrons. The third-order valence-corrected chi connectivity index (χ3v) is 8.39. The van der Waals surface area contributed by atoms with Crippen LogP contribution in [0.5, 0.6) is 0 Å². The van der Waals surface area contributed by atoms with E-state index >= 15 is 0 Å². The quantitative estimate of drug-likeness (QED) is 0.446. The molecule has 2 bridgehead atoms. The van der Waals surface area contributed by atoms with Crippen molar-refractivity contribution in [2.45, 2.75) is 45.6 Å². The second-order valence-electron chi connectivity index (χ2n) is 11.3. The van der Waals surface area contributed by atoms with Crippen LogP contribution in [0.4, 0.5) is 17.1 Å². The average Bonchev–Trinajstić information content (AvgIpc) is 3.43. The summed E-state index contributed by atoms with van der Waals surface area (Å²) < 4.78 is 1.95. The lowest BCUT2D eigenvalue weighted by molar-refractivity contribution is 0.0793. The van der Waals surface area contributed by atoms with Gasteiger partial charge in [0, 0.05) is 61.7 Å². The van der Waals surface area contributed by atoms with Crippen LogP contribution in [0.2, 0.25) is 0 Å². The number of amides is 1. The highest BCUT2D eigenvalue weighted by Gasteiger charge is 2.35. The average molecular weight is 542 g/mol. The predicted molar refractivity (Wildman–Crippen MR) is 161 cm³/mol. The SMILES string of the molecule is Cc1cc(C)cc(NC(=S)Nc2cc(C(=O)N3CCCC3)ccc2N2CC3CC(C2)c2cccc(=O)n2C3)c1. The predicted octanol–water partition coefficient (Wildman–Crippen LogP) is 5.13. The zero-order valence-electron chi connectivity index (χ0n) is 22.6. The number of aromatic nitrogens is 1. The molecule has 0 aliphatic carbocycles. The van der Waals surface area contributed by atoms with E-state index in [1.54, 1.807) is 6.07 Å². The van der Waals surface area contributed by atoms with Crippen molar-refractivity contribution >= 4 is 40.3 Å². The number of aryl methyl sites for hydroxylation is 2. The molecule has 4 heterocycles. The van der Waals surface area contributed by atoms with Gasteiger partial charge in [0.25, 0.3) is 11.5 Å². The molecule has 2 unspecified atom stereocenters. The fourth-order valence-electron chi connectivity index (χ4n) is 6.57. The molecule has 2 fully saturated rings. The molecule has 39 heavy (non-hydrogen) atoms. The van der Waals surface area contributed by atoms with E-state index in [4.69, 9.17) is 12.2 Å². The van der Waals surface area contributed by atoms with E-state index in [0.717, 1.165) is 74.7 Å². The number of anilines is 3. The van der Waals surface area contributed by atoms with Gasteiger partial charge in [0.15, 0.2) is 5.11 Å². The Hall–Kier alpha value is -3.65. The third-order valence-electron chi connectivity index (χ3n) is 8.18. The van der Waals surface area contributed by atoms with Gasteiger partial charge in [-0.05, 0) is 98.8 Å². The van der Waals surface area contributed by atoms with Crippen molar-refractivity contribution in [2.24, 2.45) is 5.92 Å². The van der Waals surface area contributed by atoms with Gasteiger partial charge < -0.3 is 25.0 Å². The third kappa shape index (κ3) is 5.30. The Morgan fingerprint density at radius 1 is 0.923 bits per heavy atom. The molecule has 1 aromatic heterocycles. The zero-order valence-corrected chi connectivity index (χ0v) is 23.4. The minimum absolute atomic E-state index is 0.0686. The van der Waals surface area contributed by atoms with E-state index in [-0.39, 0.29) is 17.4 Å². The molecule has 0 saturated carbocycles. The van der Waals surface area contributed by atoms with Crippen molar-refractivity contribution in [3.05, 3.63) is 87.3 Å². The summed E-state index contributed by atoms with van der Waals surface area (Å²) >= 11 is 5.75. The van der Waals surface area contributed by atoms with E-state index in [1.807, 2.05) is 27.7 Å². The number of likely N-dealkylation sites (tertiary alicyclic amines) is 1. The van der Waals surface area contributed by atoms with Crippen molar-refractivity contribution in [1.82, 2.24) is 9.47 Å². The van der Waals surface area contributed by atoms with Crippen LogP contribution in [0.25, 0.3) is 0 Å². The molecule has 8 heteroatoms. The van der Waals surface area contributed by atoms with Crippen LogP contribution in [-0.2, 0) is 6.54 Å². The van der Waals surface area contributed by atoms with Gasteiger partial charge in [-0.2, -0.15) is 0 Å². The summed E-state index contributed by atoms with van der Waals surface area (Å²) in [6.07, 6.45) is 3.20. The highest BCUT2D eigenvalue weighted by atomic mass is 32.1. The molecule has 0 spiro atoms. The number of pyridine rings is 1. The molecule has 3 aliphatic heterocycles. The van der Waals surface area contributed by atoms with Gasteiger partial charge in [-0.15, -0.1) is 0 Å². The van der Waals surface area contributed by atoms with Crippen LogP contribution in [0, 0.1) is 19.8 Å². The molecular weight excluding hydrogens is 506 g/mol. The monoisotopic (exact) mass is 541 g/mol. The first-order valence-electron chi connectivity index (χ1n) is 13.9. The molecule has 2 atom stereocenters. The Morgan fingerprint density at radius 3 is 2.46 bits per heavy atom. The van der Waals surface area contributed by atoms with Crippen LogP contribution in [-0.4, -0.2) is 46.7 Å². The van der Waals surface area contributed by atoms with Gasteiger partial charge in [0.2, 0.25) is 0 Å². The number of benzene rings is 2. The first kappa shape index (κ1) is 25.6. The Balaban J connectivity index is 1.30. The fraction of sp³-hybridized carbons (Fsp3) is 0.387. The van der Waals surface area contributed by atoms with Gasteiger partial charge in [-0.25, -0.2) is 0 Å². The van der Waals surface area contributed by atoms with Crippen molar-refractivity contribution in [1.29, 1.82) is 0 Å². The molecular formula is C31H35N5O2S. The standard InChI is InChI=1S/C31H35N5O2S/c1-20-12-21(2)14-25(13-20)32-31(39)33-26-16-23(30(38)34-10-3-4-11-34)8-9-28(26)35-17-22-15-24(19-35)27-6-5-7-29(37)36(27)18-22/h5-9,12-14,16,22,24H,3-4,10-11,15,17-19H2,1-2H3,(H2,32,33,39). The number of fused-ring (bicyclic) bond motifs is 4. The first-order chi connectivity index (χ1) is 18.8. The van der Waals surface area contributed by atoms with Crippen LogP contribution in [0.3, 0.4) is 0 Å². The number of piperidine rings is 1. The number of nitrogens with zero attached hydrogens (tertiary/aromatic N) is 3. The van der Waals surface area contributed by atoms with Crippen molar-refractivity contribution in [2.75, 3.05) is 41.7 Å². The number of carbonyl (C=O) groups excluding carboxylic acids is 1. The second-order valence-corrected chi connectivity index (χ2v) is 11.7. The molecule has 2 aromatic carbocycles. The van der Waals surface area contributed by atoms with Crippen molar-refractivity contribution in [3.8, 4) is 0 Å². The molecule has 6 rings (SSSR count). The Morgan fingerprint density at radius 2 is 1.69 bits per heavy atom. The molecule has 7 nitrogen and oxygen atoms in total. The number of hydrogen-bond donors (Lipinski definition) is 2. The summed E-state index contributed by atoms with van der Waals surface area (Å²) in [5, 5.41) is 7.25. The highest BCUT2D eigenvalue weighted by molar-refractivity contribution is 7.80. The molecule has 202 valence electrons. The van der Waals surface area contributed by atoms with Gasteiger partial charge in [-0.3, -0.25) is 9.59 Å². The number of rotatable bonds is 4. The lowest BCUT2D eigenvalue weighted by Gasteiger charge is -2.44. The molecule has 3 aliphatic rings. The normalized spacial score (nSPS) is 19.9. The van der Waals surface area contributed by atoms with Crippen LogP contribution in [0.1, 0.15) is 52.4 Å². The molecule has 3 aromatic rings. The summed E-state index contributed by atoms with van der Waals surface area (Å²) in [5.41, 5.74) is 7.00. The maximum absolute atomic E-state index is 13.3. The summed E-state index contributed by atoms with van der Waals surface area (Å²) in [5.74, 6) is 0.736. The number of thiocarbonyl (C=S) groups is 1. The topological polar surface area (TPSA) is 69.6 Å².